The highest BCUT2D eigenvalue weighted by Crippen LogP contribution is 2.26. The molecule has 0 bridgehead atoms. The number of piperidine rings is 1. The third-order valence-electron chi connectivity index (χ3n) is 5.87. The standard InChI is InChI=1S/C25H27N3O4S2/c29-24(18-26-25(30)23-7-4-16-33-23)27-21-8-10-22(11-9-21)34(31,32)28-14-12-20(13-15-28)17-19-5-2-1-3-6-19/h1-11,16,20H,12-15,17-18H2,(H,26,30)(H,27,29). The molecule has 1 aromatic heterocycles. The normalized spacial score (nSPS) is 15.1. The van der Waals surface area contributed by atoms with Crippen LogP contribution in [0.1, 0.15) is 28.1 Å². The van der Waals surface area contributed by atoms with Crippen molar-refractivity contribution in [3.63, 3.8) is 0 Å². The number of amides is 2. The lowest BCUT2D eigenvalue weighted by Gasteiger charge is -2.31. The van der Waals surface area contributed by atoms with Crippen molar-refractivity contribution >= 4 is 38.9 Å². The molecule has 0 atom stereocenters. The van der Waals surface area contributed by atoms with Crippen LogP contribution in [0.25, 0.3) is 0 Å². The highest BCUT2D eigenvalue weighted by molar-refractivity contribution is 7.89. The van der Waals surface area contributed by atoms with Gasteiger partial charge >= 0.3 is 0 Å². The van der Waals surface area contributed by atoms with Crippen LogP contribution in [0.3, 0.4) is 0 Å². The van der Waals surface area contributed by atoms with Crippen molar-refractivity contribution in [1.29, 1.82) is 0 Å². The Hall–Kier alpha value is -3.01. The minimum absolute atomic E-state index is 0.172. The molecule has 9 heteroatoms. The second-order valence-corrected chi connectivity index (χ2v) is 11.2. The molecular formula is C25H27N3O4S2. The Morgan fingerprint density at radius 2 is 1.65 bits per heavy atom. The summed E-state index contributed by atoms with van der Waals surface area (Å²) in [6, 6.07) is 19.9. The number of rotatable bonds is 8. The van der Waals surface area contributed by atoms with Crippen molar-refractivity contribution in [2.75, 3.05) is 25.0 Å². The SMILES string of the molecule is O=C(CNC(=O)c1cccs1)Nc1ccc(S(=O)(=O)N2CCC(Cc3ccccc3)CC2)cc1. The monoisotopic (exact) mass is 497 g/mol. The van der Waals surface area contributed by atoms with Gasteiger partial charge in [-0.15, -0.1) is 11.3 Å². The molecule has 1 aliphatic heterocycles. The molecule has 0 radical (unpaired) electrons. The van der Waals surface area contributed by atoms with Gasteiger partial charge in [0.15, 0.2) is 0 Å². The van der Waals surface area contributed by atoms with E-state index in [-0.39, 0.29) is 23.3 Å². The first-order chi connectivity index (χ1) is 16.4. The summed E-state index contributed by atoms with van der Waals surface area (Å²) >= 11 is 1.30. The molecule has 2 N–H and O–H groups in total. The van der Waals surface area contributed by atoms with E-state index in [1.54, 1.807) is 34.0 Å². The molecule has 0 saturated carbocycles. The van der Waals surface area contributed by atoms with Crippen molar-refractivity contribution in [2.45, 2.75) is 24.2 Å². The third-order valence-corrected chi connectivity index (χ3v) is 8.65. The van der Waals surface area contributed by atoms with Gasteiger partial charge in [-0.1, -0.05) is 36.4 Å². The number of carbonyl (C=O) groups excluding carboxylic acids is 2. The van der Waals surface area contributed by atoms with Gasteiger partial charge < -0.3 is 10.6 Å². The molecular weight excluding hydrogens is 470 g/mol. The van der Waals surface area contributed by atoms with Crippen LogP contribution in [-0.2, 0) is 21.2 Å². The fourth-order valence-corrected chi connectivity index (χ4v) is 6.13. The molecule has 4 rings (SSSR count). The van der Waals surface area contributed by atoms with Crippen LogP contribution < -0.4 is 10.6 Å². The Labute approximate surface area is 203 Å². The molecule has 1 fully saturated rings. The summed E-state index contributed by atoms with van der Waals surface area (Å²) in [5, 5.41) is 7.02. The third kappa shape index (κ3) is 6.11. The quantitative estimate of drug-likeness (QED) is 0.495. The van der Waals surface area contributed by atoms with Crippen molar-refractivity contribution in [3.8, 4) is 0 Å². The zero-order valence-electron chi connectivity index (χ0n) is 18.6. The molecule has 0 spiro atoms. The minimum atomic E-state index is -3.59. The van der Waals surface area contributed by atoms with Crippen LogP contribution >= 0.6 is 11.3 Å². The van der Waals surface area contributed by atoms with Gasteiger partial charge in [-0.25, -0.2) is 8.42 Å². The number of carbonyl (C=O) groups is 2. The number of thiophene rings is 1. The number of hydrogen-bond acceptors (Lipinski definition) is 5. The molecule has 2 amide bonds. The largest absolute Gasteiger partial charge is 0.342 e. The maximum Gasteiger partial charge on any atom is 0.261 e. The molecule has 2 aromatic carbocycles. The molecule has 7 nitrogen and oxygen atoms in total. The van der Waals surface area contributed by atoms with Crippen LogP contribution in [-0.4, -0.2) is 44.2 Å². The van der Waals surface area contributed by atoms with Crippen molar-refractivity contribution in [1.82, 2.24) is 9.62 Å². The highest BCUT2D eigenvalue weighted by atomic mass is 32.2. The van der Waals surface area contributed by atoms with Gasteiger partial charge in [-0.3, -0.25) is 9.59 Å². The molecule has 178 valence electrons. The Balaban J connectivity index is 1.27. The molecule has 3 aromatic rings. The predicted molar refractivity (Wildman–Crippen MR) is 133 cm³/mol. The van der Waals surface area contributed by atoms with E-state index in [2.05, 4.69) is 22.8 Å². The summed E-state index contributed by atoms with van der Waals surface area (Å²) in [4.78, 5) is 24.8. The van der Waals surface area contributed by atoms with Crippen molar-refractivity contribution in [2.24, 2.45) is 5.92 Å². The lowest BCUT2D eigenvalue weighted by atomic mass is 9.91. The highest BCUT2D eigenvalue weighted by Gasteiger charge is 2.29. The summed E-state index contributed by atoms with van der Waals surface area (Å²) in [5.74, 6) is -0.216. The minimum Gasteiger partial charge on any atom is -0.342 e. The Morgan fingerprint density at radius 3 is 2.29 bits per heavy atom. The summed E-state index contributed by atoms with van der Waals surface area (Å²) in [6.45, 7) is 0.833. The first kappa shape index (κ1) is 24.1. The maximum absolute atomic E-state index is 13.1. The van der Waals surface area contributed by atoms with Gasteiger partial charge in [0.05, 0.1) is 16.3 Å². The summed E-state index contributed by atoms with van der Waals surface area (Å²) in [7, 11) is -3.59. The van der Waals surface area contributed by atoms with Crippen molar-refractivity contribution < 1.29 is 18.0 Å². The van der Waals surface area contributed by atoms with E-state index in [4.69, 9.17) is 0 Å². The van der Waals surface area contributed by atoms with Crippen molar-refractivity contribution in [3.05, 3.63) is 82.6 Å². The van der Waals surface area contributed by atoms with Gasteiger partial charge in [0, 0.05) is 18.8 Å². The Bertz CT molecular complexity index is 1200. The Morgan fingerprint density at radius 1 is 0.941 bits per heavy atom. The fourth-order valence-electron chi connectivity index (χ4n) is 4.02. The van der Waals surface area contributed by atoms with Crippen LogP contribution in [0.2, 0.25) is 0 Å². The Kier molecular flexibility index (Phi) is 7.77. The summed E-state index contributed by atoms with van der Waals surface area (Å²) in [6.07, 6.45) is 2.63. The lowest BCUT2D eigenvalue weighted by molar-refractivity contribution is -0.115. The number of hydrogen-bond donors (Lipinski definition) is 2. The number of nitrogens with one attached hydrogen (secondary N) is 2. The molecule has 2 heterocycles. The lowest BCUT2D eigenvalue weighted by Crippen LogP contribution is -2.38. The average Bonchev–Trinajstić information content (AvgIpc) is 3.39. The molecule has 34 heavy (non-hydrogen) atoms. The van der Waals surface area contributed by atoms with Gasteiger partial charge in [0.25, 0.3) is 5.91 Å². The van der Waals surface area contributed by atoms with Crippen LogP contribution in [0.5, 0.6) is 0 Å². The van der Waals surface area contributed by atoms with Gasteiger partial charge in [-0.05, 0) is 66.5 Å². The molecule has 0 aliphatic carbocycles. The fraction of sp³-hybridized carbons (Fsp3) is 0.280. The van der Waals surface area contributed by atoms with Gasteiger partial charge in [-0.2, -0.15) is 4.31 Å². The number of anilines is 1. The molecule has 1 aliphatic rings. The first-order valence-electron chi connectivity index (χ1n) is 11.2. The van der Waals surface area contributed by atoms with E-state index < -0.39 is 10.0 Å². The van der Waals surface area contributed by atoms with E-state index >= 15 is 0 Å². The number of benzene rings is 2. The van der Waals surface area contributed by atoms with Crippen LogP contribution in [0, 0.1) is 5.92 Å². The second-order valence-electron chi connectivity index (χ2n) is 8.27. The number of sulfonamides is 1. The topological polar surface area (TPSA) is 95.6 Å². The average molecular weight is 498 g/mol. The van der Waals surface area contributed by atoms with Gasteiger partial charge in [0.2, 0.25) is 15.9 Å². The zero-order valence-corrected chi connectivity index (χ0v) is 20.3. The van der Waals surface area contributed by atoms with Gasteiger partial charge in [0.1, 0.15) is 0 Å². The maximum atomic E-state index is 13.1. The van der Waals surface area contributed by atoms with E-state index in [1.165, 1.54) is 29.0 Å². The van der Waals surface area contributed by atoms with Crippen LogP contribution in [0.4, 0.5) is 5.69 Å². The number of nitrogens with zero attached hydrogens (tertiary/aromatic N) is 1. The van der Waals surface area contributed by atoms with E-state index in [9.17, 15) is 18.0 Å². The molecule has 0 unspecified atom stereocenters. The summed E-state index contributed by atoms with van der Waals surface area (Å²) < 4.78 is 27.7. The van der Waals surface area contributed by atoms with E-state index in [0.29, 0.717) is 29.6 Å². The van der Waals surface area contributed by atoms with E-state index in [1.807, 2.05) is 18.2 Å². The van der Waals surface area contributed by atoms with E-state index in [0.717, 1.165) is 19.3 Å². The second kappa shape index (κ2) is 10.9. The predicted octanol–water partition coefficient (Wildman–Crippen LogP) is 3.76. The first-order valence-corrected chi connectivity index (χ1v) is 13.5. The zero-order chi connectivity index (χ0) is 24.0. The van der Waals surface area contributed by atoms with Crippen LogP contribution in [0.15, 0.2) is 77.0 Å². The summed E-state index contributed by atoms with van der Waals surface area (Å²) in [5.41, 5.74) is 1.75. The molecule has 1 saturated heterocycles. The smallest absolute Gasteiger partial charge is 0.261 e.